The van der Waals surface area contributed by atoms with Crippen molar-refractivity contribution in [1.82, 2.24) is 0 Å². The van der Waals surface area contributed by atoms with Gasteiger partial charge in [0.05, 0.1) is 19.1 Å². The lowest BCUT2D eigenvalue weighted by molar-refractivity contribution is -0.139. The van der Waals surface area contributed by atoms with Crippen LogP contribution < -0.4 is 4.74 Å². The molecule has 0 N–H and O–H groups in total. The zero-order chi connectivity index (χ0) is 12.4. The van der Waals surface area contributed by atoms with Crippen LogP contribution in [0.15, 0.2) is 18.2 Å². The van der Waals surface area contributed by atoms with Crippen LogP contribution in [0, 0.1) is 0 Å². The Bertz CT molecular complexity index is 464. The van der Waals surface area contributed by atoms with Gasteiger partial charge < -0.3 is 9.47 Å². The molecule has 0 aromatic heterocycles. The number of methoxy groups -OCH3 is 1. The number of esters is 1. The molecule has 1 aliphatic rings. The minimum atomic E-state index is -0.357. The molecule has 1 aliphatic heterocycles. The van der Waals surface area contributed by atoms with Crippen molar-refractivity contribution in [1.29, 1.82) is 0 Å². The normalized spacial score (nSPS) is 18.2. The summed E-state index contributed by atoms with van der Waals surface area (Å²) in [5, 5.41) is 0. The molecule has 2 rings (SSSR count). The largest absolute Gasteiger partial charge is 0.489 e. The molecular formula is C13H14O4. The Balaban J connectivity index is 2.39. The zero-order valence-electron chi connectivity index (χ0n) is 9.86. The van der Waals surface area contributed by atoms with E-state index < -0.39 is 0 Å². The molecule has 17 heavy (non-hydrogen) atoms. The van der Waals surface area contributed by atoms with Crippen molar-refractivity contribution in [3.05, 3.63) is 29.3 Å². The van der Waals surface area contributed by atoms with Gasteiger partial charge in [-0.2, -0.15) is 0 Å². The summed E-state index contributed by atoms with van der Waals surface area (Å²) < 4.78 is 10.2. The van der Waals surface area contributed by atoms with Gasteiger partial charge in [0.25, 0.3) is 0 Å². The molecule has 0 amide bonds. The molecule has 0 aliphatic carbocycles. The number of fused-ring (bicyclic) bond motifs is 1. The molecule has 0 saturated carbocycles. The summed E-state index contributed by atoms with van der Waals surface area (Å²) in [6, 6.07) is 5.29. The van der Waals surface area contributed by atoms with Crippen molar-refractivity contribution in [2.45, 2.75) is 25.9 Å². The van der Waals surface area contributed by atoms with Crippen molar-refractivity contribution < 1.29 is 19.1 Å². The number of Topliss-reactive ketones (excluding diaryl/α,β-unsaturated/α-hetero) is 1. The Kier molecular flexibility index (Phi) is 3.13. The number of carbonyl (C=O) groups excluding carboxylic acids is 2. The number of hydrogen-bond acceptors (Lipinski definition) is 4. The predicted molar refractivity (Wildman–Crippen MR) is 61.2 cm³/mol. The van der Waals surface area contributed by atoms with E-state index in [0.717, 1.165) is 0 Å². The summed E-state index contributed by atoms with van der Waals surface area (Å²) in [4.78, 5) is 23.2. The summed E-state index contributed by atoms with van der Waals surface area (Å²) in [6.45, 7) is 1.85. The van der Waals surface area contributed by atoms with Gasteiger partial charge in [0.15, 0.2) is 5.78 Å². The first kappa shape index (κ1) is 11.6. The van der Waals surface area contributed by atoms with Crippen LogP contribution >= 0.6 is 0 Å². The van der Waals surface area contributed by atoms with Crippen molar-refractivity contribution >= 4 is 11.8 Å². The maximum Gasteiger partial charge on any atom is 0.310 e. The monoisotopic (exact) mass is 234 g/mol. The Morgan fingerprint density at radius 2 is 2.29 bits per heavy atom. The Labute approximate surface area is 99.5 Å². The van der Waals surface area contributed by atoms with Gasteiger partial charge >= 0.3 is 5.97 Å². The first-order chi connectivity index (χ1) is 8.11. The molecule has 1 atom stereocenters. The molecule has 0 fully saturated rings. The second kappa shape index (κ2) is 4.57. The van der Waals surface area contributed by atoms with Crippen molar-refractivity contribution in [2.75, 3.05) is 7.11 Å². The first-order valence-electron chi connectivity index (χ1n) is 5.50. The minimum absolute atomic E-state index is 0.0262. The second-order valence-electron chi connectivity index (χ2n) is 4.10. The van der Waals surface area contributed by atoms with Gasteiger partial charge in [0.2, 0.25) is 0 Å². The van der Waals surface area contributed by atoms with Gasteiger partial charge in [-0.15, -0.1) is 0 Å². The van der Waals surface area contributed by atoms with Gasteiger partial charge in [0, 0.05) is 6.42 Å². The standard InChI is InChI=1S/C13H14O4/c1-8-6-10(14)13-9(7-12(15)16-2)4-3-5-11(13)17-8/h3-5,8H,6-7H2,1-2H3. The molecule has 0 radical (unpaired) electrons. The van der Waals surface area contributed by atoms with Gasteiger partial charge in [0.1, 0.15) is 11.9 Å². The topological polar surface area (TPSA) is 52.6 Å². The highest BCUT2D eigenvalue weighted by atomic mass is 16.5. The summed E-state index contributed by atoms with van der Waals surface area (Å²) in [5.41, 5.74) is 1.20. The van der Waals surface area contributed by atoms with Crippen molar-refractivity contribution in [3.8, 4) is 5.75 Å². The first-order valence-corrected chi connectivity index (χ1v) is 5.50. The van der Waals surface area contributed by atoms with Crippen LogP contribution in [0.1, 0.15) is 29.3 Å². The SMILES string of the molecule is COC(=O)Cc1cccc2c1C(=O)CC(C)O2. The average Bonchev–Trinajstić information content (AvgIpc) is 2.28. The second-order valence-corrected chi connectivity index (χ2v) is 4.10. The average molecular weight is 234 g/mol. The maximum atomic E-state index is 12.0. The van der Waals surface area contributed by atoms with E-state index >= 15 is 0 Å². The number of hydrogen-bond donors (Lipinski definition) is 0. The fourth-order valence-electron chi connectivity index (χ4n) is 1.99. The third kappa shape index (κ3) is 2.30. The van der Waals surface area contributed by atoms with Crippen LogP contribution in [0.25, 0.3) is 0 Å². The van der Waals surface area contributed by atoms with Crippen LogP contribution in [0.3, 0.4) is 0 Å². The molecule has 1 aromatic rings. The van der Waals surface area contributed by atoms with E-state index in [0.29, 0.717) is 23.3 Å². The highest BCUT2D eigenvalue weighted by Crippen LogP contribution is 2.30. The molecule has 4 heteroatoms. The summed E-state index contributed by atoms with van der Waals surface area (Å²) in [7, 11) is 1.33. The number of ether oxygens (including phenoxy) is 2. The van der Waals surface area contributed by atoms with Gasteiger partial charge in [-0.05, 0) is 18.6 Å². The third-order valence-electron chi connectivity index (χ3n) is 2.75. The third-order valence-corrected chi connectivity index (χ3v) is 2.75. The summed E-state index contributed by atoms with van der Waals surface area (Å²) >= 11 is 0. The molecule has 1 aromatic carbocycles. The van der Waals surface area contributed by atoms with Crippen LogP contribution in [-0.4, -0.2) is 25.0 Å². The lowest BCUT2D eigenvalue weighted by atomic mass is 9.95. The fraction of sp³-hybridized carbons (Fsp3) is 0.385. The smallest absolute Gasteiger partial charge is 0.310 e. The fourth-order valence-corrected chi connectivity index (χ4v) is 1.99. The number of rotatable bonds is 2. The number of carbonyl (C=O) groups is 2. The summed E-state index contributed by atoms with van der Waals surface area (Å²) in [6.07, 6.45) is 0.345. The van der Waals surface area contributed by atoms with Gasteiger partial charge in [-0.25, -0.2) is 0 Å². The maximum absolute atomic E-state index is 12.0. The Hall–Kier alpha value is -1.84. The molecule has 1 heterocycles. The van der Waals surface area contributed by atoms with E-state index in [9.17, 15) is 9.59 Å². The van der Waals surface area contributed by atoms with E-state index in [1.165, 1.54) is 7.11 Å². The highest BCUT2D eigenvalue weighted by molar-refractivity contribution is 6.02. The molecule has 0 spiro atoms. The summed E-state index contributed by atoms with van der Waals surface area (Å²) in [5.74, 6) is 0.234. The van der Waals surface area contributed by atoms with Crippen LogP contribution in [0.4, 0.5) is 0 Å². The van der Waals surface area contributed by atoms with Gasteiger partial charge in [-0.1, -0.05) is 12.1 Å². The van der Waals surface area contributed by atoms with Crippen LogP contribution in [0.2, 0.25) is 0 Å². The zero-order valence-corrected chi connectivity index (χ0v) is 9.86. The minimum Gasteiger partial charge on any atom is -0.489 e. The van der Waals surface area contributed by atoms with E-state index in [1.54, 1.807) is 18.2 Å². The molecule has 4 nitrogen and oxygen atoms in total. The lowest BCUT2D eigenvalue weighted by Gasteiger charge is -2.23. The predicted octanol–water partition coefficient (Wildman–Crippen LogP) is 1.76. The number of benzene rings is 1. The van der Waals surface area contributed by atoms with E-state index in [1.807, 2.05) is 6.92 Å². The Morgan fingerprint density at radius 3 is 3.00 bits per heavy atom. The molecule has 0 bridgehead atoms. The quantitative estimate of drug-likeness (QED) is 0.731. The molecular weight excluding hydrogens is 220 g/mol. The van der Waals surface area contributed by atoms with Crippen LogP contribution in [0.5, 0.6) is 5.75 Å². The van der Waals surface area contributed by atoms with Crippen molar-refractivity contribution in [2.24, 2.45) is 0 Å². The van der Waals surface area contributed by atoms with E-state index in [-0.39, 0.29) is 24.3 Å². The molecule has 1 unspecified atom stereocenters. The van der Waals surface area contributed by atoms with E-state index in [2.05, 4.69) is 4.74 Å². The molecule has 90 valence electrons. The van der Waals surface area contributed by atoms with Gasteiger partial charge in [-0.3, -0.25) is 9.59 Å². The Morgan fingerprint density at radius 1 is 1.53 bits per heavy atom. The van der Waals surface area contributed by atoms with Crippen molar-refractivity contribution in [3.63, 3.8) is 0 Å². The highest BCUT2D eigenvalue weighted by Gasteiger charge is 2.26. The lowest BCUT2D eigenvalue weighted by Crippen LogP contribution is -2.25. The molecule has 0 saturated heterocycles. The number of ketones is 1. The van der Waals surface area contributed by atoms with E-state index in [4.69, 9.17) is 4.74 Å². The van der Waals surface area contributed by atoms with Crippen LogP contribution in [-0.2, 0) is 16.0 Å².